The van der Waals surface area contributed by atoms with E-state index in [0.29, 0.717) is 0 Å². The first-order valence-electron chi connectivity index (χ1n) is 11.9. The number of aliphatic imine (C=N–C) groups is 1. The Bertz CT molecular complexity index is 938. The molecule has 4 unspecified atom stereocenters. The number of nitrogens with one attached hydrogen (secondary N) is 3. The van der Waals surface area contributed by atoms with E-state index in [-0.39, 0.29) is 57.5 Å². The van der Waals surface area contributed by atoms with E-state index in [9.17, 15) is 38.7 Å². The summed E-state index contributed by atoms with van der Waals surface area (Å²) >= 11 is 0. The Morgan fingerprint density at radius 2 is 1.10 bits per heavy atom. The number of primary amides is 2. The Morgan fingerprint density at radius 1 is 0.641 bits per heavy atom. The summed E-state index contributed by atoms with van der Waals surface area (Å²) in [6.07, 6.45) is -1.87. The number of nitrogens with zero attached hydrogens (tertiary/aromatic N) is 1. The second kappa shape index (κ2) is 17.9. The third-order valence-electron chi connectivity index (χ3n) is 5.19. The van der Waals surface area contributed by atoms with Gasteiger partial charge < -0.3 is 54.8 Å². The second-order valence-corrected chi connectivity index (χ2v) is 8.52. The molecule has 0 aliphatic heterocycles. The first-order valence-corrected chi connectivity index (χ1v) is 11.9. The average Bonchev–Trinajstić information content (AvgIpc) is 2.83. The molecule has 0 saturated carbocycles. The molecule has 0 heterocycles. The predicted octanol–water partition coefficient (Wildman–Crippen LogP) is -4.70. The van der Waals surface area contributed by atoms with Gasteiger partial charge in [0.15, 0.2) is 5.96 Å². The van der Waals surface area contributed by atoms with Crippen LogP contribution >= 0.6 is 0 Å². The average molecular weight is 560 g/mol. The van der Waals surface area contributed by atoms with E-state index in [1.54, 1.807) is 0 Å². The number of carbonyl (C=O) groups is 7. The highest BCUT2D eigenvalue weighted by atomic mass is 16.4. The number of nitrogens with two attached hydrogens (primary N) is 5. The summed E-state index contributed by atoms with van der Waals surface area (Å²) in [6.45, 7) is 0.0969. The van der Waals surface area contributed by atoms with Crippen molar-refractivity contribution < 1.29 is 43.8 Å². The lowest BCUT2D eigenvalue weighted by Gasteiger charge is -2.25. The summed E-state index contributed by atoms with van der Waals surface area (Å²) in [5.74, 6) is -7.21. The van der Waals surface area contributed by atoms with E-state index < -0.39 is 72.1 Å². The fourth-order valence-corrected chi connectivity index (χ4v) is 3.11. The Balaban J connectivity index is 5.62. The van der Waals surface area contributed by atoms with Gasteiger partial charge >= 0.3 is 11.9 Å². The molecule has 0 radical (unpaired) electrons. The van der Waals surface area contributed by atoms with Crippen LogP contribution in [0.15, 0.2) is 4.99 Å². The van der Waals surface area contributed by atoms with Gasteiger partial charge in [0.05, 0.1) is 6.04 Å². The summed E-state index contributed by atoms with van der Waals surface area (Å²) in [4.78, 5) is 86.8. The Hall–Kier alpha value is -4.48. The normalized spacial score (nSPS) is 13.6. The van der Waals surface area contributed by atoms with Gasteiger partial charge in [-0.15, -0.1) is 0 Å². The van der Waals surface area contributed by atoms with Crippen LogP contribution in [0.2, 0.25) is 0 Å². The molecule has 0 aromatic heterocycles. The molecular weight excluding hydrogens is 522 g/mol. The highest BCUT2D eigenvalue weighted by molar-refractivity contribution is 5.94. The van der Waals surface area contributed by atoms with Crippen LogP contribution in [0, 0.1) is 0 Å². The lowest BCUT2D eigenvalue weighted by Crippen LogP contribution is -2.57. The molecule has 0 fully saturated rings. The number of carbonyl (C=O) groups excluding carboxylic acids is 5. The van der Waals surface area contributed by atoms with E-state index in [1.165, 1.54) is 0 Å². The van der Waals surface area contributed by atoms with E-state index in [2.05, 4.69) is 20.9 Å². The summed E-state index contributed by atoms with van der Waals surface area (Å²) in [6, 6.07) is -5.58. The smallest absolute Gasteiger partial charge is 0.326 e. The molecule has 5 amide bonds. The highest BCUT2D eigenvalue weighted by Gasteiger charge is 2.30. The number of amides is 5. The highest BCUT2D eigenvalue weighted by Crippen LogP contribution is 2.06. The van der Waals surface area contributed by atoms with Gasteiger partial charge in [-0.3, -0.25) is 33.8 Å². The van der Waals surface area contributed by atoms with Crippen molar-refractivity contribution in [1.29, 1.82) is 0 Å². The number of guanidine groups is 1. The molecule has 0 aromatic carbocycles. The SMILES string of the molecule is NC(=O)CCC(NC(=O)C(N)CCC(=O)O)C(=O)NC(CCC(N)=O)C(=O)NC(CCCN=C(N)N)C(=O)O. The van der Waals surface area contributed by atoms with Crippen LogP contribution in [0.5, 0.6) is 0 Å². The molecule has 15 N–H and O–H groups in total. The Morgan fingerprint density at radius 3 is 1.51 bits per heavy atom. The lowest BCUT2D eigenvalue weighted by molar-refractivity contribution is -0.142. The van der Waals surface area contributed by atoms with Crippen molar-refractivity contribution >= 4 is 47.4 Å². The van der Waals surface area contributed by atoms with Gasteiger partial charge in [0.2, 0.25) is 29.5 Å². The molecule has 220 valence electrons. The summed E-state index contributed by atoms with van der Waals surface area (Å²) < 4.78 is 0. The minimum absolute atomic E-state index is 0.0696. The van der Waals surface area contributed by atoms with E-state index in [0.717, 1.165) is 0 Å². The molecule has 18 heteroatoms. The summed E-state index contributed by atoms with van der Waals surface area (Å²) in [5, 5.41) is 25.0. The van der Waals surface area contributed by atoms with Crippen LogP contribution < -0.4 is 44.6 Å². The van der Waals surface area contributed by atoms with Crippen molar-refractivity contribution in [3.63, 3.8) is 0 Å². The van der Waals surface area contributed by atoms with E-state index in [1.807, 2.05) is 0 Å². The third-order valence-corrected chi connectivity index (χ3v) is 5.19. The zero-order chi connectivity index (χ0) is 30.1. The fourth-order valence-electron chi connectivity index (χ4n) is 3.11. The quantitative estimate of drug-likeness (QED) is 0.0382. The van der Waals surface area contributed by atoms with Crippen molar-refractivity contribution in [1.82, 2.24) is 16.0 Å². The van der Waals surface area contributed by atoms with Gasteiger partial charge in [0.1, 0.15) is 18.1 Å². The molecule has 0 bridgehead atoms. The number of hydrogen-bond acceptors (Lipinski definition) is 9. The third kappa shape index (κ3) is 16.1. The van der Waals surface area contributed by atoms with Crippen molar-refractivity contribution in [2.24, 2.45) is 33.7 Å². The molecule has 0 aliphatic carbocycles. The zero-order valence-corrected chi connectivity index (χ0v) is 21.3. The van der Waals surface area contributed by atoms with Gasteiger partial charge in [0, 0.05) is 25.8 Å². The van der Waals surface area contributed by atoms with Crippen LogP contribution in [0.4, 0.5) is 0 Å². The Kier molecular flexibility index (Phi) is 15.8. The molecule has 0 rings (SSSR count). The maximum atomic E-state index is 13.0. The number of carboxylic acid groups (broad SMARTS) is 2. The molecule has 18 nitrogen and oxygen atoms in total. The van der Waals surface area contributed by atoms with E-state index in [4.69, 9.17) is 33.8 Å². The Labute approximate surface area is 223 Å². The number of hydrogen-bond donors (Lipinski definition) is 10. The standard InChI is InChI=1S/C21H37N9O9/c22-10(3-8-16(33)34)17(35)28-11(4-6-14(23)31)18(36)29-12(5-7-15(24)32)19(37)30-13(20(38)39)2-1-9-27-21(25)26/h10-13H,1-9,22H2,(H2,23,31)(H2,24,32)(H,28,35)(H,29,36)(H,30,37)(H,33,34)(H,38,39)(H4,25,26,27). The molecule has 0 aromatic rings. The first-order chi connectivity index (χ1) is 18.1. The lowest BCUT2D eigenvalue weighted by atomic mass is 10.0. The topological polar surface area (TPSA) is 338 Å². The minimum Gasteiger partial charge on any atom is -0.481 e. The van der Waals surface area contributed by atoms with Gasteiger partial charge in [-0.2, -0.15) is 0 Å². The van der Waals surface area contributed by atoms with Gasteiger partial charge in [-0.25, -0.2) is 4.79 Å². The second-order valence-electron chi connectivity index (χ2n) is 8.52. The maximum absolute atomic E-state index is 13.0. The number of rotatable bonds is 20. The molecule has 0 spiro atoms. The van der Waals surface area contributed by atoms with Gasteiger partial charge in [0.25, 0.3) is 0 Å². The fraction of sp³-hybridized carbons (Fsp3) is 0.619. The maximum Gasteiger partial charge on any atom is 0.326 e. The molecule has 4 atom stereocenters. The molecule has 0 aliphatic rings. The van der Waals surface area contributed by atoms with Crippen LogP contribution in [0.1, 0.15) is 51.4 Å². The van der Waals surface area contributed by atoms with E-state index >= 15 is 0 Å². The van der Waals surface area contributed by atoms with Crippen LogP contribution in [-0.2, 0) is 33.6 Å². The largest absolute Gasteiger partial charge is 0.481 e. The number of aliphatic carboxylic acids is 2. The number of carboxylic acids is 2. The zero-order valence-electron chi connectivity index (χ0n) is 21.3. The van der Waals surface area contributed by atoms with Crippen molar-refractivity contribution in [3.05, 3.63) is 0 Å². The van der Waals surface area contributed by atoms with Crippen molar-refractivity contribution in [2.75, 3.05) is 6.54 Å². The molecular formula is C21H37N9O9. The summed E-state index contributed by atoms with van der Waals surface area (Å²) in [7, 11) is 0. The van der Waals surface area contributed by atoms with Gasteiger partial charge in [-0.1, -0.05) is 0 Å². The molecule has 39 heavy (non-hydrogen) atoms. The van der Waals surface area contributed by atoms with Crippen LogP contribution in [-0.4, -0.2) is 88.4 Å². The monoisotopic (exact) mass is 559 g/mol. The minimum atomic E-state index is -1.46. The van der Waals surface area contributed by atoms with Crippen molar-refractivity contribution in [3.8, 4) is 0 Å². The van der Waals surface area contributed by atoms with Crippen LogP contribution in [0.25, 0.3) is 0 Å². The summed E-state index contributed by atoms with van der Waals surface area (Å²) in [5.41, 5.74) is 26.3. The van der Waals surface area contributed by atoms with Gasteiger partial charge in [-0.05, 0) is 32.1 Å². The van der Waals surface area contributed by atoms with Crippen LogP contribution in [0.3, 0.4) is 0 Å². The molecule has 0 saturated heterocycles. The first kappa shape index (κ1) is 34.5. The van der Waals surface area contributed by atoms with Crippen molar-refractivity contribution in [2.45, 2.75) is 75.5 Å². The predicted molar refractivity (Wildman–Crippen MR) is 135 cm³/mol.